The lowest BCUT2D eigenvalue weighted by atomic mass is 10.1. The predicted octanol–water partition coefficient (Wildman–Crippen LogP) is -2.33. The Bertz CT molecular complexity index is 882. The number of nitrogens with zero attached hydrogens (tertiary/aromatic N) is 2. The summed E-state index contributed by atoms with van der Waals surface area (Å²) in [6, 6.07) is 2.40. The number of aryl methyl sites for hydroxylation is 1. The van der Waals surface area contributed by atoms with Crippen molar-refractivity contribution in [2.75, 3.05) is 26.2 Å². The Morgan fingerprint density at radius 3 is 2.54 bits per heavy atom. The fourth-order valence-electron chi connectivity index (χ4n) is 3.22. The van der Waals surface area contributed by atoms with E-state index in [0.717, 1.165) is 6.07 Å². The zero-order valence-corrected chi connectivity index (χ0v) is 15.6. The number of pyridine rings is 1. The van der Waals surface area contributed by atoms with Gasteiger partial charge in [-0.1, -0.05) is 0 Å². The molecule has 0 spiro atoms. The molecule has 3 N–H and O–H groups in total. The Labute approximate surface area is 161 Å². The van der Waals surface area contributed by atoms with E-state index >= 15 is 0 Å². The van der Waals surface area contributed by atoms with Crippen molar-refractivity contribution >= 4 is 35.0 Å². The molecule has 1 aromatic heterocycles. The summed E-state index contributed by atoms with van der Waals surface area (Å²) in [5, 5.41) is 24.1. The second-order valence-corrected chi connectivity index (χ2v) is 5.99. The molecule has 1 fully saturated rings. The zero-order chi connectivity index (χ0) is 17.5. The van der Waals surface area contributed by atoms with E-state index in [4.69, 9.17) is 5.11 Å². The summed E-state index contributed by atoms with van der Waals surface area (Å²) < 4.78 is 15.4. The lowest BCUT2D eigenvalue weighted by molar-refractivity contribution is -0.661. The number of benzene rings is 1. The molecule has 0 bridgehead atoms. The molecule has 0 aliphatic carbocycles. The van der Waals surface area contributed by atoms with Crippen LogP contribution in [0.25, 0.3) is 10.9 Å². The third-order valence-corrected chi connectivity index (χ3v) is 4.55. The minimum Gasteiger partial charge on any atom is -1.00 e. The average Bonchev–Trinajstić information content (AvgIpc) is 2.55. The number of piperazine rings is 1. The summed E-state index contributed by atoms with van der Waals surface area (Å²) in [7, 11) is 0. The molecule has 0 atom stereocenters. The van der Waals surface area contributed by atoms with E-state index in [1.165, 1.54) is 12.3 Å². The van der Waals surface area contributed by atoms with Crippen LogP contribution in [0.5, 0.6) is 0 Å². The van der Waals surface area contributed by atoms with Crippen molar-refractivity contribution in [2.24, 2.45) is 0 Å². The molecule has 0 radical (unpaired) electrons. The van der Waals surface area contributed by atoms with Crippen LogP contribution in [0.15, 0.2) is 23.1 Å². The molecule has 2 aromatic rings. The van der Waals surface area contributed by atoms with Gasteiger partial charge in [0.15, 0.2) is 11.5 Å². The van der Waals surface area contributed by atoms with Crippen LogP contribution in [0.4, 0.5) is 10.1 Å². The molecule has 26 heavy (non-hydrogen) atoms. The van der Waals surface area contributed by atoms with Crippen LogP contribution in [-0.4, -0.2) is 41.8 Å². The van der Waals surface area contributed by atoms with Crippen molar-refractivity contribution in [3.05, 3.63) is 45.1 Å². The number of carboxylic acid groups (broad SMARTS) is 1. The molecule has 1 saturated heterocycles. The zero-order valence-electron chi connectivity index (χ0n) is 14.1. The first-order chi connectivity index (χ1) is 11.4. The topological polar surface area (TPSA) is 99.0 Å². The Balaban J connectivity index is 0.00000169. The van der Waals surface area contributed by atoms with E-state index in [9.17, 15) is 19.2 Å². The summed E-state index contributed by atoms with van der Waals surface area (Å²) in [5.74, 6) is -2.12. The number of aromatic carboxylic acids is 1. The smallest absolute Gasteiger partial charge is 0.341 e. The van der Waals surface area contributed by atoms with Crippen LogP contribution in [0, 0.1) is 11.0 Å². The highest BCUT2D eigenvalue weighted by Gasteiger charge is 2.30. The van der Waals surface area contributed by atoms with Crippen LogP contribution in [0.1, 0.15) is 17.3 Å². The van der Waals surface area contributed by atoms with Gasteiger partial charge in [0.2, 0.25) is 5.43 Å². The summed E-state index contributed by atoms with van der Waals surface area (Å²) in [4.78, 5) is 23.5. The number of rotatable bonds is 3. The molecular formula is C16H20Cl2FN3O4. The van der Waals surface area contributed by atoms with Gasteiger partial charge in [0, 0.05) is 24.2 Å². The van der Waals surface area contributed by atoms with Crippen molar-refractivity contribution < 1.29 is 32.0 Å². The van der Waals surface area contributed by atoms with Gasteiger partial charge < -0.3 is 37.3 Å². The highest BCUT2D eigenvalue weighted by Crippen LogP contribution is 2.29. The summed E-state index contributed by atoms with van der Waals surface area (Å²) in [6.45, 7) is 3.92. The monoisotopic (exact) mass is 407 g/mol. The van der Waals surface area contributed by atoms with E-state index in [0.29, 0.717) is 25.2 Å². The van der Waals surface area contributed by atoms with Gasteiger partial charge in [-0.2, -0.15) is 0 Å². The van der Waals surface area contributed by atoms with E-state index < -0.39 is 27.4 Å². The van der Waals surface area contributed by atoms with Gasteiger partial charge in [-0.05, 0) is 13.0 Å². The first kappa shape index (κ1) is 22.3. The van der Waals surface area contributed by atoms with Gasteiger partial charge in [-0.15, -0.1) is 12.4 Å². The normalized spacial score (nSPS) is 15.8. The highest BCUT2D eigenvalue weighted by atomic mass is 35.5. The SMILES string of the molecule is CCn1cc(C(=O)O)c(=O)c2cc(F)c([N+]3([O-])CC[NH2+]CC3)cc21.Cl.[Cl-]. The number of carboxylic acids is 1. The number of carbonyl (C=O) groups is 1. The fourth-order valence-corrected chi connectivity index (χ4v) is 3.22. The van der Waals surface area contributed by atoms with E-state index in [1.807, 2.05) is 5.32 Å². The Morgan fingerprint density at radius 2 is 2.00 bits per heavy atom. The van der Waals surface area contributed by atoms with Crippen LogP contribution in [0.2, 0.25) is 0 Å². The molecule has 1 aromatic carbocycles. The molecule has 0 unspecified atom stereocenters. The summed E-state index contributed by atoms with van der Waals surface area (Å²) >= 11 is 0. The lowest BCUT2D eigenvalue weighted by Crippen LogP contribution is -3.00. The molecular weight excluding hydrogens is 388 g/mol. The van der Waals surface area contributed by atoms with Crippen LogP contribution in [0.3, 0.4) is 0 Å². The van der Waals surface area contributed by atoms with Gasteiger partial charge in [0.05, 0.1) is 5.52 Å². The molecule has 7 nitrogen and oxygen atoms in total. The quantitative estimate of drug-likeness (QED) is 0.440. The molecule has 1 aliphatic rings. The number of quaternary nitrogens is 2. The number of aromatic nitrogens is 1. The van der Waals surface area contributed by atoms with Gasteiger partial charge in [-0.3, -0.25) is 4.79 Å². The largest absolute Gasteiger partial charge is 1.00 e. The second kappa shape index (κ2) is 8.32. The van der Waals surface area contributed by atoms with Crippen molar-refractivity contribution in [3.63, 3.8) is 0 Å². The number of hydrogen-bond acceptors (Lipinski definition) is 3. The molecule has 144 valence electrons. The summed E-state index contributed by atoms with van der Waals surface area (Å²) in [5.41, 5.74) is -0.765. The average molecular weight is 408 g/mol. The maximum absolute atomic E-state index is 14.6. The van der Waals surface area contributed by atoms with Crippen molar-refractivity contribution in [1.29, 1.82) is 0 Å². The molecule has 0 saturated carbocycles. The number of hydroxylamine groups is 2. The molecule has 10 heteroatoms. The first-order valence-corrected chi connectivity index (χ1v) is 7.87. The third-order valence-electron chi connectivity index (χ3n) is 4.55. The maximum Gasteiger partial charge on any atom is 0.341 e. The highest BCUT2D eigenvalue weighted by molar-refractivity contribution is 5.93. The maximum atomic E-state index is 14.6. The first-order valence-electron chi connectivity index (χ1n) is 7.87. The molecule has 1 aliphatic heterocycles. The third kappa shape index (κ3) is 3.70. The molecule has 2 heterocycles. The van der Waals surface area contributed by atoms with Gasteiger partial charge in [0.1, 0.15) is 31.7 Å². The Morgan fingerprint density at radius 1 is 1.38 bits per heavy atom. The number of halogens is 3. The number of hydrogen-bond donors (Lipinski definition) is 2. The minimum atomic E-state index is -1.35. The molecule has 3 rings (SSSR count). The second-order valence-electron chi connectivity index (χ2n) is 5.99. The van der Waals surface area contributed by atoms with E-state index in [-0.39, 0.29) is 49.0 Å². The number of nitrogens with two attached hydrogens (primary N) is 1. The van der Waals surface area contributed by atoms with Crippen LogP contribution < -0.4 is 27.8 Å². The van der Waals surface area contributed by atoms with Crippen molar-refractivity contribution in [1.82, 2.24) is 9.21 Å². The fraction of sp³-hybridized carbons (Fsp3) is 0.375. The van der Waals surface area contributed by atoms with E-state index in [1.54, 1.807) is 11.5 Å². The summed E-state index contributed by atoms with van der Waals surface area (Å²) in [6.07, 6.45) is 1.24. The Kier molecular flexibility index (Phi) is 7.15. The number of fused-ring (bicyclic) bond motifs is 1. The van der Waals surface area contributed by atoms with Gasteiger partial charge >= 0.3 is 5.97 Å². The Hall–Kier alpha value is -1.71. The van der Waals surface area contributed by atoms with Gasteiger partial charge in [-0.25, -0.2) is 9.18 Å². The van der Waals surface area contributed by atoms with E-state index in [2.05, 4.69) is 0 Å². The van der Waals surface area contributed by atoms with Crippen LogP contribution in [-0.2, 0) is 6.54 Å². The standard InChI is InChI=1S/C16H18FN3O4.2ClH/c1-2-19-9-11(16(22)23)15(21)10-7-12(17)14(8-13(10)19)20(24)5-3-18-4-6-20;;/h7-9,18H,2-6H2,1H3,(H,22,23);2*1H. The minimum absolute atomic E-state index is 0. The van der Waals surface area contributed by atoms with Crippen molar-refractivity contribution in [2.45, 2.75) is 13.5 Å². The lowest BCUT2D eigenvalue weighted by Gasteiger charge is -2.43. The van der Waals surface area contributed by atoms with Crippen LogP contribution >= 0.6 is 12.4 Å². The molecule has 0 amide bonds. The van der Waals surface area contributed by atoms with Crippen molar-refractivity contribution in [3.8, 4) is 0 Å². The van der Waals surface area contributed by atoms with Gasteiger partial charge in [0.25, 0.3) is 0 Å². The predicted molar refractivity (Wildman–Crippen MR) is 94.6 cm³/mol.